The van der Waals surface area contributed by atoms with Gasteiger partial charge in [-0.15, -0.1) is 0 Å². The predicted octanol–water partition coefficient (Wildman–Crippen LogP) is 2.17. The number of nitrogens with zero attached hydrogens (tertiary/aromatic N) is 1. The van der Waals surface area contributed by atoms with Crippen molar-refractivity contribution in [3.05, 3.63) is 35.6 Å². The Labute approximate surface area is 108 Å². The third kappa shape index (κ3) is 3.53. The maximum atomic E-state index is 13.5. The van der Waals surface area contributed by atoms with Gasteiger partial charge in [0.05, 0.1) is 5.54 Å². The molecule has 0 heterocycles. The standard InChI is InChI=1S/C14H21FN2O/c1-5-16-14(2,3)13(18)17(4)10-11-8-6-7-9-12(11)15/h6-9,16H,5,10H2,1-4H3. The molecule has 0 spiro atoms. The van der Waals surface area contributed by atoms with E-state index in [1.54, 1.807) is 30.1 Å². The van der Waals surface area contributed by atoms with Crippen LogP contribution in [0, 0.1) is 5.82 Å². The Kier molecular flexibility index (Phi) is 4.84. The normalized spacial score (nSPS) is 11.4. The van der Waals surface area contributed by atoms with E-state index in [0.717, 1.165) is 0 Å². The zero-order valence-electron chi connectivity index (χ0n) is 11.5. The van der Waals surface area contributed by atoms with Crippen LogP contribution in [0.25, 0.3) is 0 Å². The van der Waals surface area contributed by atoms with Crippen molar-refractivity contribution in [2.45, 2.75) is 32.9 Å². The van der Waals surface area contributed by atoms with Crippen molar-refractivity contribution in [1.82, 2.24) is 10.2 Å². The van der Waals surface area contributed by atoms with Crippen LogP contribution in [0.4, 0.5) is 4.39 Å². The summed E-state index contributed by atoms with van der Waals surface area (Å²) >= 11 is 0. The molecule has 0 aliphatic heterocycles. The van der Waals surface area contributed by atoms with E-state index >= 15 is 0 Å². The summed E-state index contributed by atoms with van der Waals surface area (Å²) in [5.74, 6) is -0.328. The Balaban J connectivity index is 2.74. The van der Waals surface area contributed by atoms with Gasteiger partial charge in [0, 0.05) is 19.2 Å². The van der Waals surface area contributed by atoms with Gasteiger partial charge in [-0.3, -0.25) is 4.79 Å². The molecule has 0 saturated carbocycles. The third-order valence-corrected chi connectivity index (χ3v) is 2.87. The van der Waals surface area contributed by atoms with Gasteiger partial charge in [0.15, 0.2) is 0 Å². The van der Waals surface area contributed by atoms with Gasteiger partial charge in [-0.05, 0) is 26.5 Å². The summed E-state index contributed by atoms with van der Waals surface area (Å²) in [6.45, 7) is 6.60. The highest BCUT2D eigenvalue weighted by molar-refractivity contribution is 5.85. The minimum Gasteiger partial charge on any atom is -0.340 e. The molecule has 0 saturated heterocycles. The van der Waals surface area contributed by atoms with Gasteiger partial charge in [-0.1, -0.05) is 25.1 Å². The van der Waals surface area contributed by atoms with Crippen LogP contribution in [0.2, 0.25) is 0 Å². The van der Waals surface area contributed by atoms with Crippen LogP contribution in [-0.4, -0.2) is 29.9 Å². The third-order valence-electron chi connectivity index (χ3n) is 2.87. The van der Waals surface area contributed by atoms with E-state index in [-0.39, 0.29) is 18.3 Å². The molecule has 100 valence electrons. The quantitative estimate of drug-likeness (QED) is 0.871. The second-order valence-corrected chi connectivity index (χ2v) is 4.91. The summed E-state index contributed by atoms with van der Waals surface area (Å²) in [4.78, 5) is 13.8. The number of nitrogens with one attached hydrogen (secondary N) is 1. The molecule has 0 atom stereocenters. The molecule has 0 fully saturated rings. The van der Waals surface area contributed by atoms with Gasteiger partial charge in [0.2, 0.25) is 5.91 Å². The van der Waals surface area contributed by atoms with Gasteiger partial charge in [0.25, 0.3) is 0 Å². The van der Waals surface area contributed by atoms with Crippen LogP contribution >= 0.6 is 0 Å². The van der Waals surface area contributed by atoms with Crippen molar-refractivity contribution < 1.29 is 9.18 Å². The maximum Gasteiger partial charge on any atom is 0.242 e. The number of halogens is 1. The Morgan fingerprint density at radius 2 is 2.00 bits per heavy atom. The van der Waals surface area contributed by atoms with Crippen molar-refractivity contribution in [2.24, 2.45) is 0 Å². The monoisotopic (exact) mass is 252 g/mol. The van der Waals surface area contributed by atoms with Gasteiger partial charge >= 0.3 is 0 Å². The molecule has 1 amide bonds. The number of rotatable bonds is 5. The molecule has 0 aliphatic carbocycles. The fraction of sp³-hybridized carbons (Fsp3) is 0.500. The predicted molar refractivity (Wildman–Crippen MR) is 70.6 cm³/mol. The molecule has 18 heavy (non-hydrogen) atoms. The summed E-state index contributed by atoms with van der Waals surface area (Å²) in [5.41, 5.74) is -0.102. The summed E-state index contributed by atoms with van der Waals surface area (Å²) in [7, 11) is 1.69. The minimum atomic E-state index is -0.630. The first-order chi connectivity index (χ1) is 8.38. The van der Waals surface area contributed by atoms with E-state index in [1.807, 2.05) is 20.8 Å². The van der Waals surface area contributed by atoms with Gasteiger partial charge in [-0.25, -0.2) is 4.39 Å². The Bertz CT molecular complexity index is 418. The van der Waals surface area contributed by atoms with Crippen molar-refractivity contribution >= 4 is 5.91 Å². The minimum absolute atomic E-state index is 0.0485. The Hall–Kier alpha value is -1.42. The number of hydrogen-bond donors (Lipinski definition) is 1. The molecule has 1 rings (SSSR count). The van der Waals surface area contributed by atoms with Crippen molar-refractivity contribution in [3.63, 3.8) is 0 Å². The smallest absolute Gasteiger partial charge is 0.242 e. The number of amides is 1. The zero-order chi connectivity index (χ0) is 13.8. The fourth-order valence-corrected chi connectivity index (χ4v) is 1.95. The highest BCUT2D eigenvalue weighted by Crippen LogP contribution is 2.13. The van der Waals surface area contributed by atoms with E-state index in [9.17, 15) is 9.18 Å². The lowest BCUT2D eigenvalue weighted by Gasteiger charge is -2.30. The van der Waals surface area contributed by atoms with E-state index in [4.69, 9.17) is 0 Å². The summed E-state index contributed by atoms with van der Waals surface area (Å²) in [5, 5.41) is 3.12. The van der Waals surface area contributed by atoms with E-state index in [0.29, 0.717) is 12.1 Å². The largest absolute Gasteiger partial charge is 0.340 e. The Morgan fingerprint density at radius 3 is 2.56 bits per heavy atom. The maximum absolute atomic E-state index is 13.5. The molecule has 0 bridgehead atoms. The molecular formula is C14H21FN2O. The van der Waals surface area contributed by atoms with Crippen LogP contribution in [0.15, 0.2) is 24.3 Å². The molecule has 0 unspecified atom stereocenters. The highest BCUT2D eigenvalue weighted by Gasteiger charge is 2.29. The molecule has 1 N–H and O–H groups in total. The second-order valence-electron chi connectivity index (χ2n) is 4.91. The molecular weight excluding hydrogens is 231 g/mol. The van der Waals surface area contributed by atoms with E-state index in [2.05, 4.69) is 5.32 Å². The second kappa shape index (κ2) is 5.96. The molecule has 0 aromatic heterocycles. The van der Waals surface area contributed by atoms with E-state index in [1.165, 1.54) is 6.07 Å². The zero-order valence-corrected chi connectivity index (χ0v) is 11.5. The first-order valence-electron chi connectivity index (χ1n) is 6.12. The lowest BCUT2D eigenvalue weighted by Crippen LogP contribution is -2.52. The van der Waals surface area contributed by atoms with Crippen LogP contribution in [-0.2, 0) is 11.3 Å². The average Bonchev–Trinajstić information content (AvgIpc) is 2.31. The van der Waals surface area contributed by atoms with Crippen LogP contribution in [0.3, 0.4) is 0 Å². The average molecular weight is 252 g/mol. The van der Waals surface area contributed by atoms with Gasteiger partial charge in [0.1, 0.15) is 5.82 Å². The fourth-order valence-electron chi connectivity index (χ4n) is 1.95. The lowest BCUT2D eigenvalue weighted by molar-refractivity contribution is -0.136. The number of carbonyl (C=O) groups excluding carboxylic acids is 1. The van der Waals surface area contributed by atoms with Gasteiger partial charge < -0.3 is 10.2 Å². The number of carbonyl (C=O) groups is 1. The van der Waals surface area contributed by atoms with Crippen molar-refractivity contribution in [1.29, 1.82) is 0 Å². The molecule has 4 heteroatoms. The van der Waals surface area contributed by atoms with Crippen molar-refractivity contribution in [2.75, 3.05) is 13.6 Å². The van der Waals surface area contributed by atoms with Gasteiger partial charge in [-0.2, -0.15) is 0 Å². The molecule has 0 radical (unpaired) electrons. The van der Waals surface area contributed by atoms with E-state index < -0.39 is 5.54 Å². The SMILES string of the molecule is CCNC(C)(C)C(=O)N(C)Cc1ccccc1F. The molecule has 3 nitrogen and oxygen atoms in total. The Morgan fingerprint density at radius 1 is 1.39 bits per heavy atom. The first-order valence-corrected chi connectivity index (χ1v) is 6.12. The molecule has 1 aromatic carbocycles. The lowest BCUT2D eigenvalue weighted by atomic mass is 10.0. The van der Waals surface area contributed by atoms with Crippen LogP contribution in [0.1, 0.15) is 26.3 Å². The number of likely N-dealkylation sites (N-methyl/N-ethyl adjacent to an activating group) is 2. The molecule has 0 aliphatic rings. The van der Waals surface area contributed by atoms with Crippen LogP contribution < -0.4 is 5.32 Å². The first kappa shape index (κ1) is 14.6. The number of benzene rings is 1. The summed E-state index contributed by atoms with van der Waals surface area (Å²) in [6.07, 6.45) is 0. The number of hydrogen-bond acceptors (Lipinski definition) is 2. The summed E-state index contributed by atoms with van der Waals surface area (Å²) < 4.78 is 13.5. The van der Waals surface area contributed by atoms with Crippen LogP contribution in [0.5, 0.6) is 0 Å². The highest BCUT2D eigenvalue weighted by atomic mass is 19.1. The van der Waals surface area contributed by atoms with Crippen molar-refractivity contribution in [3.8, 4) is 0 Å². The molecule has 1 aromatic rings. The topological polar surface area (TPSA) is 32.3 Å². The summed E-state index contributed by atoms with van der Waals surface area (Å²) in [6, 6.07) is 6.51.